The average molecular weight is 416 g/mol. The van der Waals surface area contributed by atoms with Gasteiger partial charge < -0.3 is 19.9 Å². The molecule has 0 fully saturated rings. The number of carbonyl (C=O) groups is 1. The van der Waals surface area contributed by atoms with E-state index in [-0.39, 0.29) is 5.69 Å². The van der Waals surface area contributed by atoms with Gasteiger partial charge in [-0.2, -0.15) is 5.10 Å². The highest BCUT2D eigenvalue weighted by molar-refractivity contribution is 5.85. The lowest BCUT2D eigenvalue weighted by molar-refractivity contribution is 0.0690. The Morgan fingerprint density at radius 2 is 1.74 bits per heavy atom. The second-order valence-corrected chi connectivity index (χ2v) is 6.67. The number of rotatable bonds is 7. The Hall–Kier alpha value is -4.33. The number of H-pyrrole nitrogens is 1. The van der Waals surface area contributed by atoms with Crippen LogP contribution in [0.5, 0.6) is 11.5 Å². The molecule has 2 aromatic heterocycles. The molecule has 8 nitrogen and oxygen atoms in total. The maximum atomic E-state index is 10.9. The van der Waals surface area contributed by atoms with Crippen LogP contribution in [-0.2, 0) is 0 Å². The number of pyridine rings is 1. The highest BCUT2D eigenvalue weighted by atomic mass is 16.5. The highest BCUT2D eigenvalue weighted by Gasteiger charge is 2.10. The van der Waals surface area contributed by atoms with Crippen molar-refractivity contribution in [2.75, 3.05) is 19.5 Å². The minimum absolute atomic E-state index is 0.0122. The molecule has 0 aliphatic rings. The maximum absolute atomic E-state index is 10.9. The van der Waals surface area contributed by atoms with Crippen LogP contribution in [-0.4, -0.2) is 40.5 Å². The molecule has 0 radical (unpaired) electrons. The van der Waals surface area contributed by atoms with E-state index in [2.05, 4.69) is 20.5 Å². The summed E-state index contributed by atoms with van der Waals surface area (Å²) < 4.78 is 10.8. The Balaban J connectivity index is 1.51. The Kier molecular flexibility index (Phi) is 5.53. The summed E-state index contributed by atoms with van der Waals surface area (Å²) in [6.45, 7) is 0. The first-order valence-electron chi connectivity index (χ1n) is 9.42. The van der Waals surface area contributed by atoms with Crippen molar-refractivity contribution in [1.29, 1.82) is 0 Å². The number of carboxylic acid groups (broad SMARTS) is 1. The molecule has 0 saturated carbocycles. The van der Waals surface area contributed by atoms with Crippen LogP contribution >= 0.6 is 0 Å². The highest BCUT2D eigenvalue weighted by Crippen LogP contribution is 2.34. The van der Waals surface area contributed by atoms with Crippen LogP contribution in [0, 0.1) is 0 Å². The van der Waals surface area contributed by atoms with Crippen LogP contribution in [0.1, 0.15) is 10.5 Å². The van der Waals surface area contributed by atoms with Gasteiger partial charge in [0.1, 0.15) is 17.2 Å². The van der Waals surface area contributed by atoms with Gasteiger partial charge in [0.2, 0.25) is 0 Å². The van der Waals surface area contributed by atoms with E-state index in [0.29, 0.717) is 11.5 Å². The molecular weight excluding hydrogens is 396 g/mol. The van der Waals surface area contributed by atoms with Gasteiger partial charge in [0.15, 0.2) is 5.82 Å². The number of hydrogen-bond donors (Lipinski definition) is 3. The Morgan fingerprint density at radius 3 is 2.39 bits per heavy atom. The molecule has 0 unspecified atom stereocenters. The minimum atomic E-state index is -1.07. The number of benzene rings is 2. The van der Waals surface area contributed by atoms with E-state index in [1.807, 2.05) is 48.5 Å². The number of aromatic carboxylic acids is 1. The molecule has 2 aromatic carbocycles. The van der Waals surface area contributed by atoms with Gasteiger partial charge in [-0.15, -0.1) is 0 Å². The monoisotopic (exact) mass is 416 g/mol. The molecule has 0 atom stereocenters. The van der Waals surface area contributed by atoms with E-state index in [9.17, 15) is 4.79 Å². The minimum Gasteiger partial charge on any atom is -0.497 e. The van der Waals surface area contributed by atoms with Crippen molar-refractivity contribution >= 4 is 17.5 Å². The third-order valence-corrected chi connectivity index (χ3v) is 4.75. The fourth-order valence-electron chi connectivity index (χ4n) is 3.14. The average Bonchev–Trinajstić information content (AvgIpc) is 3.27. The Labute approximate surface area is 178 Å². The molecule has 4 rings (SSSR count). The van der Waals surface area contributed by atoms with E-state index >= 15 is 0 Å². The van der Waals surface area contributed by atoms with Crippen LogP contribution < -0.4 is 14.8 Å². The summed E-state index contributed by atoms with van der Waals surface area (Å²) in [6.07, 6.45) is 1.45. The number of methoxy groups -OCH3 is 2. The van der Waals surface area contributed by atoms with Gasteiger partial charge >= 0.3 is 5.97 Å². The second-order valence-electron chi connectivity index (χ2n) is 6.67. The summed E-state index contributed by atoms with van der Waals surface area (Å²) >= 11 is 0. The zero-order valence-electron chi connectivity index (χ0n) is 16.9. The lowest BCUT2D eigenvalue weighted by atomic mass is 10.0. The van der Waals surface area contributed by atoms with Gasteiger partial charge in [-0.1, -0.05) is 24.3 Å². The molecular formula is C23H20N4O4. The molecule has 0 aliphatic heterocycles. The van der Waals surface area contributed by atoms with Gasteiger partial charge in [0.05, 0.1) is 31.8 Å². The topological polar surface area (TPSA) is 109 Å². The zero-order chi connectivity index (χ0) is 21.8. The van der Waals surface area contributed by atoms with Crippen LogP contribution in [0.15, 0.2) is 66.9 Å². The smallest absolute Gasteiger partial charge is 0.354 e. The molecule has 0 spiro atoms. The number of nitrogens with one attached hydrogen (secondary N) is 2. The second kappa shape index (κ2) is 8.58. The largest absolute Gasteiger partial charge is 0.497 e. The summed E-state index contributed by atoms with van der Waals surface area (Å²) in [6, 6.07) is 18.7. The zero-order valence-corrected chi connectivity index (χ0v) is 16.9. The van der Waals surface area contributed by atoms with Gasteiger partial charge in [0, 0.05) is 17.7 Å². The maximum Gasteiger partial charge on any atom is 0.354 e. The normalized spacial score (nSPS) is 10.5. The lowest BCUT2D eigenvalue weighted by Crippen LogP contribution is -2.00. The summed E-state index contributed by atoms with van der Waals surface area (Å²) in [7, 11) is 3.26. The van der Waals surface area contributed by atoms with Gasteiger partial charge in [-0.25, -0.2) is 9.78 Å². The van der Waals surface area contributed by atoms with E-state index in [0.717, 1.165) is 33.9 Å². The summed E-state index contributed by atoms with van der Waals surface area (Å²) in [4.78, 5) is 14.8. The first-order chi connectivity index (χ1) is 15.1. The predicted molar refractivity (Wildman–Crippen MR) is 117 cm³/mol. The predicted octanol–water partition coefficient (Wildman–Crippen LogP) is 4.60. The molecule has 2 heterocycles. The fourth-order valence-corrected chi connectivity index (χ4v) is 3.14. The number of aromatic nitrogens is 3. The van der Waals surface area contributed by atoms with Crippen LogP contribution in [0.3, 0.4) is 0 Å². The van der Waals surface area contributed by atoms with Gasteiger partial charge in [-0.05, 0) is 35.4 Å². The molecule has 0 saturated heterocycles. The van der Waals surface area contributed by atoms with Crippen molar-refractivity contribution in [3.05, 3.63) is 72.6 Å². The number of aromatic amines is 1. The van der Waals surface area contributed by atoms with E-state index in [1.54, 1.807) is 20.3 Å². The molecule has 8 heteroatoms. The molecule has 4 aromatic rings. The Morgan fingerprint density at radius 1 is 0.968 bits per heavy atom. The van der Waals surface area contributed by atoms with E-state index < -0.39 is 5.97 Å². The molecule has 156 valence electrons. The lowest BCUT2D eigenvalue weighted by Gasteiger charge is -2.11. The molecule has 0 aliphatic carbocycles. The third-order valence-electron chi connectivity index (χ3n) is 4.75. The Bertz CT molecular complexity index is 1200. The third kappa shape index (κ3) is 4.32. The van der Waals surface area contributed by atoms with Gasteiger partial charge in [0.25, 0.3) is 0 Å². The van der Waals surface area contributed by atoms with Crippen LogP contribution in [0.2, 0.25) is 0 Å². The van der Waals surface area contributed by atoms with Gasteiger partial charge in [-0.3, -0.25) is 5.10 Å². The number of hydrogen-bond acceptors (Lipinski definition) is 6. The van der Waals surface area contributed by atoms with Crippen molar-refractivity contribution in [2.45, 2.75) is 0 Å². The van der Waals surface area contributed by atoms with E-state index in [1.165, 1.54) is 12.3 Å². The summed E-state index contributed by atoms with van der Waals surface area (Å²) in [5, 5.41) is 19.3. The number of carboxylic acids is 1. The van der Waals surface area contributed by atoms with Crippen LogP contribution in [0.25, 0.3) is 22.4 Å². The molecule has 0 amide bonds. The first kappa shape index (κ1) is 20.0. The van der Waals surface area contributed by atoms with Crippen molar-refractivity contribution in [3.8, 4) is 33.9 Å². The quantitative estimate of drug-likeness (QED) is 0.404. The summed E-state index contributed by atoms with van der Waals surface area (Å²) in [5.74, 6) is 1.01. The SMILES string of the molecule is COc1ccc(-c2ccc(-c3cc(Nc4ccc(C(=O)O)nc4)n[nH]3)cc2)c(OC)c1. The number of nitrogens with zero attached hydrogens (tertiary/aromatic N) is 2. The van der Waals surface area contributed by atoms with Crippen molar-refractivity contribution in [1.82, 2.24) is 15.2 Å². The standard InChI is InChI=1S/C23H20N4O4/c1-30-17-8-9-18(21(11-17)31-2)14-3-5-15(6-4-14)20-12-22(27-26-20)25-16-7-10-19(23(28)29)24-13-16/h3-13H,1-2H3,(H,28,29)(H2,25,26,27). The molecule has 3 N–H and O–H groups in total. The fraction of sp³-hybridized carbons (Fsp3) is 0.0870. The summed E-state index contributed by atoms with van der Waals surface area (Å²) in [5.41, 5.74) is 4.43. The van der Waals surface area contributed by atoms with Crippen LogP contribution in [0.4, 0.5) is 11.5 Å². The number of anilines is 2. The number of ether oxygens (including phenoxy) is 2. The van der Waals surface area contributed by atoms with Crippen molar-refractivity contribution < 1.29 is 19.4 Å². The first-order valence-corrected chi connectivity index (χ1v) is 9.42. The van der Waals surface area contributed by atoms with E-state index in [4.69, 9.17) is 14.6 Å². The van der Waals surface area contributed by atoms with Crippen molar-refractivity contribution in [3.63, 3.8) is 0 Å². The molecule has 31 heavy (non-hydrogen) atoms. The van der Waals surface area contributed by atoms with Crippen molar-refractivity contribution in [2.24, 2.45) is 0 Å². The molecule has 0 bridgehead atoms.